The van der Waals surface area contributed by atoms with Gasteiger partial charge in [0, 0.05) is 5.56 Å². The van der Waals surface area contributed by atoms with E-state index < -0.39 is 7.92 Å². The number of aromatic nitrogens is 1. The predicted molar refractivity (Wildman–Crippen MR) is 148 cm³/mol. The summed E-state index contributed by atoms with van der Waals surface area (Å²) >= 11 is 0. The molecule has 0 radical (unpaired) electrons. The van der Waals surface area contributed by atoms with Gasteiger partial charge in [0.2, 0.25) is 5.91 Å². The predicted octanol–water partition coefficient (Wildman–Crippen LogP) is 4.77. The molecule has 2 N–H and O–H groups in total. The summed E-state index contributed by atoms with van der Waals surface area (Å²) in [5.41, 5.74) is 0.546. The fourth-order valence-electron chi connectivity index (χ4n) is 3.97. The van der Waals surface area contributed by atoms with Crippen molar-refractivity contribution >= 4 is 47.3 Å². The van der Waals surface area contributed by atoms with Crippen LogP contribution < -0.4 is 26.5 Å². The molecule has 5 rings (SSSR count). The van der Waals surface area contributed by atoms with Crippen molar-refractivity contribution in [3.8, 4) is 0 Å². The third-order valence-electron chi connectivity index (χ3n) is 5.69. The second-order valence-electron chi connectivity index (χ2n) is 8.20. The minimum Gasteiger partial charge on any atom is -0.310 e. The Bertz CT molecular complexity index is 1380. The number of carbonyl (C=O) groups is 2. The Morgan fingerprint density at radius 1 is 0.639 bits per heavy atom. The van der Waals surface area contributed by atoms with Crippen LogP contribution in [-0.4, -0.2) is 16.8 Å². The summed E-state index contributed by atoms with van der Waals surface area (Å²) in [5.74, 6) is 0.0207. The Balaban J connectivity index is 1.36. The Morgan fingerprint density at radius 3 is 1.83 bits per heavy atom. The quantitative estimate of drug-likeness (QED) is 0.368. The number of benzene rings is 3. The fraction of sp³-hybridized carbons (Fsp3) is 0.0333. The van der Waals surface area contributed by atoms with Gasteiger partial charge in [-0.25, -0.2) is 4.98 Å². The van der Waals surface area contributed by atoms with Crippen LogP contribution in [0.4, 0.5) is 11.6 Å². The third-order valence-corrected chi connectivity index (χ3v) is 8.11. The molecule has 0 unspecified atom stereocenters. The lowest BCUT2D eigenvalue weighted by Crippen LogP contribution is -2.22. The summed E-state index contributed by atoms with van der Waals surface area (Å²) in [6.45, 7) is 0. The number of hydrogen-bond donors (Lipinski definition) is 2. The standard InChI is InChI=1S/C30H24N3O2P/c34-29(22-11-7-8-12-22)32-27-19-10-20-28(31-27)33-30(35)23-13-9-18-26(21-23)36(24-14-3-1-4-15-24)25-16-5-2-6-17-25/h1-22H,(H2,31,32,33,34,35). The summed E-state index contributed by atoms with van der Waals surface area (Å²) in [5, 5.41) is 9.18. The molecule has 1 aliphatic rings. The van der Waals surface area contributed by atoms with Crippen molar-refractivity contribution in [2.75, 3.05) is 10.6 Å². The van der Waals surface area contributed by atoms with Gasteiger partial charge in [-0.3, -0.25) is 9.59 Å². The van der Waals surface area contributed by atoms with Crippen molar-refractivity contribution in [2.24, 2.45) is 5.92 Å². The highest BCUT2D eigenvalue weighted by atomic mass is 31.1. The smallest absolute Gasteiger partial charge is 0.256 e. The molecule has 3 aromatic carbocycles. The van der Waals surface area contributed by atoms with Crippen LogP contribution in [0, 0.1) is 5.92 Å². The molecule has 0 bridgehead atoms. The maximum Gasteiger partial charge on any atom is 0.256 e. The number of carbonyl (C=O) groups excluding carboxylic acids is 2. The molecule has 4 aromatic rings. The SMILES string of the molecule is O=C(Nc1cccc(NC(=O)C2C=CC=C2)n1)c1cccc(P(c2ccccc2)c2ccccc2)c1. The van der Waals surface area contributed by atoms with E-state index >= 15 is 0 Å². The molecule has 5 nitrogen and oxygen atoms in total. The monoisotopic (exact) mass is 489 g/mol. The van der Waals surface area contributed by atoms with Crippen LogP contribution in [0.2, 0.25) is 0 Å². The van der Waals surface area contributed by atoms with Crippen LogP contribution >= 0.6 is 7.92 Å². The summed E-state index contributed by atoms with van der Waals surface area (Å²) in [6, 6.07) is 33.6. The molecule has 36 heavy (non-hydrogen) atoms. The lowest BCUT2D eigenvalue weighted by molar-refractivity contribution is -0.117. The van der Waals surface area contributed by atoms with E-state index in [0.29, 0.717) is 17.2 Å². The number of amides is 2. The largest absolute Gasteiger partial charge is 0.310 e. The molecule has 1 aliphatic carbocycles. The molecule has 0 atom stereocenters. The Labute approximate surface area is 211 Å². The van der Waals surface area contributed by atoms with Gasteiger partial charge in [0.05, 0.1) is 5.92 Å². The topological polar surface area (TPSA) is 71.1 Å². The van der Waals surface area contributed by atoms with Crippen LogP contribution in [0.25, 0.3) is 0 Å². The number of nitrogens with one attached hydrogen (secondary N) is 2. The molecule has 1 aromatic heterocycles. The third kappa shape index (κ3) is 5.48. The Kier molecular flexibility index (Phi) is 7.11. The van der Waals surface area contributed by atoms with Gasteiger partial charge in [0.25, 0.3) is 5.91 Å². The first-order chi connectivity index (χ1) is 17.7. The lowest BCUT2D eigenvalue weighted by atomic mass is 10.1. The molecular weight excluding hydrogens is 465 g/mol. The van der Waals surface area contributed by atoms with E-state index in [1.807, 2.05) is 72.8 Å². The minimum atomic E-state index is -0.820. The molecule has 6 heteroatoms. The molecule has 0 saturated carbocycles. The van der Waals surface area contributed by atoms with Gasteiger partial charge < -0.3 is 10.6 Å². The first-order valence-electron chi connectivity index (χ1n) is 11.6. The molecule has 1 heterocycles. The van der Waals surface area contributed by atoms with Gasteiger partial charge in [-0.15, -0.1) is 0 Å². The second-order valence-corrected chi connectivity index (χ2v) is 10.4. The average Bonchev–Trinajstić information content (AvgIpc) is 3.46. The molecule has 0 fully saturated rings. The first kappa shape index (κ1) is 23.4. The van der Waals surface area contributed by atoms with Gasteiger partial charge >= 0.3 is 0 Å². The highest BCUT2D eigenvalue weighted by Gasteiger charge is 2.18. The number of anilines is 2. The zero-order valence-electron chi connectivity index (χ0n) is 19.4. The van der Waals surface area contributed by atoms with E-state index in [4.69, 9.17) is 0 Å². The summed E-state index contributed by atoms with van der Waals surface area (Å²) in [6.07, 6.45) is 7.30. The highest BCUT2D eigenvalue weighted by molar-refractivity contribution is 7.79. The molecule has 0 spiro atoms. The van der Waals surface area contributed by atoms with Gasteiger partial charge in [-0.2, -0.15) is 0 Å². The zero-order chi connectivity index (χ0) is 24.7. The number of rotatable bonds is 7. The van der Waals surface area contributed by atoms with E-state index in [-0.39, 0.29) is 17.7 Å². The number of allylic oxidation sites excluding steroid dienone is 2. The highest BCUT2D eigenvalue weighted by Crippen LogP contribution is 2.32. The Morgan fingerprint density at radius 2 is 1.19 bits per heavy atom. The maximum atomic E-state index is 13.2. The maximum absolute atomic E-state index is 13.2. The lowest BCUT2D eigenvalue weighted by Gasteiger charge is -2.20. The molecular formula is C30H24N3O2P. The van der Waals surface area contributed by atoms with Gasteiger partial charge in [-0.1, -0.05) is 103 Å². The number of nitrogens with zero attached hydrogens (tertiary/aromatic N) is 1. The van der Waals surface area contributed by atoms with Crippen LogP contribution in [0.15, 0.2) is 127 Å². The van der Waals surface area contributed by atoms with Crippen molar-refractivity contribution in [1.82, 2.24) is 4.98 Å². The van der Waals surface area contributed by atoms with Crippen LogP contribution in [-0.2, 0) is 4.79 Å². The van der Waals surface area contributed by atoms with E-state index in [2.05, 4.69) is 45.9 Å². The summed E-state index contributed by atoms with van der Waals surface area (Å²) < 4.78 is 0. The summed E-state index contributed by atoms with van der Waals surface area (Å²) in [4.78, 5) is 29.9. The molecule has 2 amide bonds. The zero-order valence-corrected chi connectivity index (χ0v) is 20.3. The van der Waals surface area contributed by atoms with Crippen molar-refractivity contribution in [1.29, 1.82) is 0 Å². The molecule has 0 aliphatic heterocycles. The van der Waals surface area contributed by atoms with Crippen molar-refractivity contribution in [3.05, 3.63) is 133 Å². The van der Waals surface area contributed by atoms with E-state index in [1.165, 1.54) is 10.6 Å². The van der Waals surface area contributed by atoms with Gasteiger partial charge in [0.15, 0.2) is 0 Å². The summed E-state index contributed by atoms with van der Waals surface area (Å²) in [7, 11) is -0.820. The van der Waals surface area contributed by atoms with Gasteiger partial charge in [0.1, 0.15) is 11.6 Å². The van der Waals surface area contributed by atoms with E-state index in [0.717, 1.165) is 5.30 Å². The van der Waals surface area contributed by atoms with E-state index in [1.54, 1.807) is 24.3 Å². The molecule has 0 saturated heterocycles. The average molecular weight is 490 g/mol. The fourth-order valence-corrected chi connectivity index (χ4v) is 6.30. The van der Waals surface area contributed by atoms with Crippen molar-refractivity contribution in [2.45, 2.75) is 0 Å². The number of hydrogen-bond acceptors (Lipinski definition) is 3. The minimum absolute atomic E-state index is 0.168. The van der Waals surface area contributed by atoms with E-state index in [9.17, 15) is 9.59 Å². The van der Waals surface area contributed by atoms with Crippen LogP contribution in [0.5, 0.6) is 0 Å². The normalized spacial score (nSPS) is 12.6. The van der Waals surface area contributed by atoms with Crippen molar-refractivity contribution in [3.63, 3.8) is 0 Å². The van der Waals surface area contributed by atoms with Crippen molar-refractivity contribution < 1.29 is 9.59 Å². The second kappa shape index (κ2) is 10.9. The first-order valence-corrected chi connectivity index (χ1v) is 13.0. The van der Waals surface area contributed by atoms with Crippen LogP contribution in [0.3, 0.4) is 0 Å². The molecule has 176 valence electrons. The van der Waals surface area contributed by atoms with Crippen LogP contribution in [0.1, 0.15) is 10.4 Å². The Hall–Kier alpha value is -4.34. The number of pyridine rings is 1. The van der Waals surface area contributed by atoms with Gasteiger partial charge in [-0.05, 0) is 48.1 Å².